The molecule has 1 unspecified atom stereocenters. The van der Waals surface area contributed by atoms with Gasteiger partial charge in [-0.3, -0.25) is 9.48 Å². The number of anilines is 1. The standard InChI is InChI=1S/C12H20N4O/c1-9(2)16-8-6-11(15-16)14-12(17)10-5-3-4-7-13-10/h6,8-10,13H,3-5,7H2,1-2H3,(H,14,15,17). The largest absolute Gasteiger partial charge is 0.308 e. The van der Waals surface area contributed by atoms with Crippen molar-refractivity contribution < 1.29 is 4.79 Å². The van der Waals surface area contributed by atoms with Gasteiger partial charge in [-0.15, -0.1) is 0 Å². The maximum absolute atomic E-state index is 11.9. The summed E-state index contributed by atoms with van der Waals surface area (Å²) in [4.78, 5) is 11.9. The van der Waals surface area contributed by atoms with Crippen LogP contribution in [0.15, 0.2) is 12.3 Å². The van der Waals surface area contributed by atoms with Gasteiger partial charge in [0.15, 0.2) is 5.82 Å². The predicted molar refractivity (Wildman–Crippen MR) is 66.9 cm³/mol. The van der Waals surface area contributed by atoms with Gasteiger partial charge in [0.25, 0.3) is 0 Å². The van der Waals surface area contributed by atoms with Crippen molar-refractivity contribution in [2.24, 2.45) is 0 Å². The third-order valence-electron chi connectivity index (χ3n) is 3.02. The third kappa shape index (κ3) is 3.06. The van der Waals surface area contributed by atoms with E-state index in [9.17, 15) is 4.79 Å². The Balaban J connectivity index is 1.92. The summed E-state index contributed by atoms with van der Waals surface area (Å²) in [5, 5.41) is 10.4. The summed E-state index contributed by atoms with van der Waals surface area (Å²) in [5.41, 5.74) is 0. The van der Waals surface area contributed by atoms with E-state index in [0.29, 0.717) is 11.9 Å². The maximum Gasteiger partial charge on any atom is 0.242 e. The number of piperidine rings is 1. The van der Waals surface area contributed by atoms with E-state index in [-0.39, 0.29) is 11.9 Å². The lowest BCUT2D eigenvalue weighted by Gasteiger charge is -2.21. The van der Waals surface area contributed by atoms with Crippen LogP contribution in [0.4, 0.5) is 5.82 Å². The lowest BCUT2D eigenvalue weighted by molar-refractivity contribution is -0.118. The molecule has 1 fully saturated rings. The Morgan fingerprint density at radius 1 is 1.59 bits per heavy atom. The van der Waals surface area contributed by atoms with Crippen LogP contribution in [0.3, 0.4) is 0 Å². The van der Waals surface area contributed by atoms with Crippen LogP contribution in [0, 0.1) is 0 Å². The first-order chi connectivity index (χ1) is 8.16. The van der Waals surface area contributed by atoms with E-state index in [1.807, 2.05) is 16.9 Å². The highest BCUT2D eigenvalue weighted by Crippen LogP contribution is 2.11. The Labute approximate surface area is 102 Å². The predicted octanol–water partition coefficient (Wildman–Crippen LogP) is 1.54. The summed E-state index contributed by atoms with van der Waals surface area (Å²) in [6.45, 7) is 5.04. The quantitative estimate of drug-likeness (QED) is 0.837. The number of carbonyl (C=O) groups excluding carboxylic acids is 1. The second-order valence-electron chi connectivity index (χ2n) is 4.77. The van der Waals surface area contributed by atoms with Crippen molar-refractivity contribution in [2.75, 3.05) is 11.9 Å². The Kier molecular flexibility index (Phi) is 3.78. The van der Waals surface area contributed by atoms with E-state index in [2.05, 4.69) is 29.6 Å². The number of hydrogen-bond acceptors (Lipinski definition) is 3. The zero-order valence-corrected chi connectivity index (χ0v) is 10.4. The molecule has 1 amide bonds. The van der Waals surface area contributed by atoms with E-state index < -0.39 is 0 Å². The molecule has 1 atom stereocenters. The monoisotopic (exact) mass is 236 g/mol. The van der Waals surface area contributed by atoms with Gasteiger partial charge in [-0.2, -0.15) is 5.10 Å². The molecule has 5 heteroatoms. The Morgan fingerprint density at radius 2 is 2.41 bits per heavy atom. The van der Waals surface area contributed by atoms with E-state index in [1.165, 1.54) is 0 Å². The van der Waals surface area contributed by atoms with Crippen LogP contribution in [0.2, 0.25) is 0 Å². The van der Waals surface area contributed by atoms with Crippen LogP contribution in [-0.2, 0) is 4.79 Å². The van der Waals surface area contributed by atoms with Gasteiger partial charge in [0.05, 0.1) is 6.04 Å². The van der Waals surface area contributed by atoms with E-state index in [4.69, 9.17) is 0 Å². The van der Waals surface area contributed by atoms with Crippen LogP contribution in [0.5, 0.6) is 0 Å². The van der Waals surface area contributed by atoms with E-state index in [0.717, 1.165) is 25.8 Å². The molecule has 0 spiro atoms. The number of nitrogens with one attached hydrogen (secondary N) is 2. The van der Waals surface area contributed by atoms with Crippen LogP contribution in [0.1, 0.15) is 39.2 Å². The van der Waals surface area contributed by atoms with Gasteiger partial charge in [0.2, 0.25) is 5.91 Å². The van der Waals surface area contributed by atoms with E-state index >= 15 is 0 Å². The van der Waals surface area contributed by atoms with Crippen molar-refractivity contribution in [1.29, 1.82) is 0 Å². The first-order valence-electron chi connectivity index (χ1n) is 6.26. The number of amides is 1. The molecule has 0 saturated carbocycles. The molecule has 2 rings (SSSR count). The van der Waals surface area contributed by atoms with Crippen molar-refractivity contribution in [3.8, 4) is 0 Å². The van der Waals surface area contributed by atoms with Crippen molar-refractivity contribution in [3.05, 3.63) is 12.3 Å². The highest BCUT2D eigenvalue weighted by molar-refractivity contribution is 5.94. The van der Waals surface area contributed by atoms with Crippen molar-refractivity contribution >= 4 is 11.7 Å². The number of carbonyl (C=O) groups is 1. The molecule has 5 nitrogen and oxygen atoms in total. The number of nitrogens with zero attached hydrogens (tertiary/aromatic N) is 2. The second-order valence-corrected chi connectivity index (χ2v) is 4.77. The fraction of sp³-hybridized carbons (Fsp3) is 0.667. The molecule has 0 aliphatic carbocycles. The minimum absolute atomic E-state index is 0.0266. The second kappa shape index (κ2) is 5.31. The molecule has 1 aromatic heterocycles. The topological polar surface area (TPSA) is 59.0 Å². The fourth-order valence-electron chi connectivity index (χ4n) is 1.98. The molecule has 17 heavy (non-hydrogen) atoms. The highest BCUT2D eigenvalue weighted by Gasteiger charge is 2.20. The van der Waals surface area contributed by atoms with Gasteiger partial charge in [-0.05, 0) is 33.2 Å². The van der Waals surface area contributed by atoms with Crippen molar-refractivity contribution in [2.45, 2.75) is 45.2 Å². The molecule has 1 aliphatic rings. The highest BCUT2D eigenvalue weighted by atomic mass is 16.2. The average molecular weight is 236 g/mol. The fourth-order valence-corrected chi connectivity index (χ4v) is 1.98. The first kappa shape index (κ1) is 12.1. The molecule has 0 aromatic carbocycles. The molecule has 1 aliphatic heterocycles. The van der Waals surface area contributed by atoms with Gasteiger partial charge in [0, 0.05) is 18.3 Å². The normalized spacial score (nSPS) is 20.5. The summed E-state index contributed by atoms with van der Waals surface area (Å²) < 4.78 is 1.84. The lowest BCUT2D eigenvalue weighted by Crippen LogP contribution is -2.43. The molecule has 1 aromatic rings. The summed E-state index contributed by atoms with van der Waals surface area (Å²) in [6.07, 6.45) is 5.07. The SMILES string of the molecule is CC(C)n1ccc(NC(=O)C2CCCCN2)n1. The molecule has 1 saturated heterocycles. The molecule has 0 radical (unpaired) electrons. The minimum atomic E-state index is -0.0621. The van der Waals surface area contributed by atoms with Gasteiger partial charge < -0.3 is 10.6 Å². The summed E-state index contributed by atoms with van der Waals surface area (Å²) in [7, 11) is 0. The Hall–Kier alpha value is -1.36. The molecule has 2 heterocycles. The maximum atomic E-state index is 11.9. The molecular weight excluding hydrogens is 216 g/mol. The zero-order chi connectivity index (χ0) is 12.3. The van der Waals surface area contributed by atoms with Crippen LogP contribution < -0.4 is 10.6 Å². The summed E-state index contributed by atoms with van der Waals surface area (Å²) in [5.74, 6) is 0.662. The molecule has 94 valence electrons. The lowest BCUT2D eigenvalue weighted by atomic mass is 10.0. The molecule has 2 N–H and O–H groups in total. The number of aromatic nitrogens is 2. The average Bonchev–Trinajstić information content (AvgIpc) is 2.79. The summed E-state index contributed by atoms with van der Waals surface area (Å²) >= 11 is 0. The van der Waals surface area contributed by atoms with Gasteiger partial charge in [-0.1, -0.05) is 6.42 Å². The number of rotatable bonds is 3. The van der Waals surface area contributed by atoms with Crippen molar-refractivity contribution in [1.82, 2.24) is 15.1 Å². The van der Waals surface area contributed by atoms with Crippen LogP contribution >= 0.6 is 0 Å². The molecule has 0 bridgehead atoms. The zero-order valence-electron chi connectivity index (χ0n) is 10.4. The number of hydrogen-bond donors (Lipinski definition) is 2. The molecular formula is C12H20N4O. The van der Waals surface area contributed by atoms with Crippen LogP contribution in [-0.4, -0.2) is 28.3 Å². The minimum Gasteiger partial charge on any atom is -0.308 e. The summed E-state index contributed by atoms with van der Waals surface area (Å²) in [6, 6.07) is 2.09. The van der Waals surface area contributed by atoms with E-state index in [1.54, 1.807) is 0 Å². The van der Waals surface area contributed by atoms with Gasteiger partial charge >= 0.3 is 0 Å². The van der Waals surface area contributed by atoms with Crippen LogP contribution in [0.25, 0.3) is 0 Å². The van der Waals surface area contributed by atoms with Crippen molar-refractivity contribution in [3.63, 3.8) is 0 Å². The van der Waals surface area contributed by atoms with Gasteiger partial charge in [0.1, 0.15) is 0 Å². The smallest absolute Gasteiger partial charge is 0.242 e. The third-order valence-corrected chi connectivity index (χ3v) is 3.02. The van der Waals surface area contributed by atoms with Gasteiger partial charge in [-0.25, -0.2) is 0 Å². The Morgan fingerprint density at radius 3 is 3.00 bits per heavy atom. The first-order valence-corrected chi connectivity index (χ1v) is 6.26. The Bertz CT molecular complexity index is 380.